The number of methoxy groups -OCH3 is 1. The third-order valence-electron chi connectivity index (χ3n) is 4.57. The van der Waals surface area contributed by atoms with Crippen molar-refractivity contribution in [3.05, 3.63) is 23.8 Å². The fourth-order valence-electron chi connectivity index (χ4n) is 3.44. The van der Waals surface area contributed by atoms with Crippen LogP contribution in [0.25, 0.3) is 0 Å². The first-order valence-corrected chi connectivity index (χ1v) is 8.36. The van der Waals surface area contributed by atoms with Gasteiger partial charge >= 0.3 is 0 Å². The van der Waals surface area contributed by atoms with Gasteiger partial charge in [-0.05, 0) is 45.4 Å². The highest BCUT2D eigenvalue weighted by Crippen LogP contribution is 2.37. The molecule has 0 radical (unpaired) electrons. The van der Waals surface area contributed by atoms with E-state index in [1.807, 2.05) is 0 Å². The third kappa shape index (κ3) is 3.70. The summed E-state index contributed by atoms with van der Waals surface area (Å²) in [6.07, 6.45) is 5.27. The predicted molar refractivity (Wildman–Crippen MR) is 90.4 cm³/mol. The quantitative estimate of drug-likeness (QED) is 0.882. The molecule has 0 amide bonds. The van der Waals surface area contributed by atoms with E-state index in [9.17, 15) is 0 Å². The zero-order valence-corrected chi connectivity index (χ0v) is 14.0. The maximum atomic E-state index is 5.64. The van der Waals surface area contributed by atoms with Crippen LogP contribution in [0.15, 0.2) is 18.2 Å². The van der Waals surface area contributed by atoms with Crippen LogP contribution in [0.2, 0.25) is 0 Å². The van der Waals surface area contributed by atoms with Crippen molar-refractivity contribution in [3.8, 4) is 5.75 Å². The van der Waals surface area contributed by atoms with Gasteiger partial charge < -0.3 is 15.0 Å². The Bertz CT molecular complexity index is 447. The fourth-order valence-corrected chi connectivity index (χ4v) is 3.44. The molecule has 0 saturated carbocycles. The number of rotatable bonds is 5. The van der Waals surface area contributed by atoms with Crippen molar-refractivity contribution in [2.75, 3.05) is 25.1 Å². The lowest BCUT2D eigenvalue weighted by atomic mass is 10.0. The van der Waals surface area contributed by atoms with Crippen LogP contribution in [0.1, 0.15) is 58.1 Å². The van der Waals surface area contributed by atoms with Crippen molar-refractivity contribution >= 4 is 5.69 Å². The van der Waals surface area contributed by atoms with Crippen molar-refractivity contribution in [2.24, 2.45) is 0 Å². The highest BCUT2D eigenvalue weighted by atomic mass is 16.5. The van der Waals surface area contributed by atoms with Crippen LogP contribution in [-0.4, -0.2) is 26.2 Å². The van der Waals surface area contributed by atoms with Crippen LogP contribution in [0.3, 0.4) is 0 Å². The SMILES string of the molecule is CCNC(C)c1c(OC)cccc1N1CCCCCC1C. The molecule has 1 aromatic rings. The van der Waals surface area contributed by atoms with Crippen LogP contribution < -0.4 is 15.0 Å². The molecular formula is C18H30N2O. The van der Waals surface area contributed by atoms with E-state index in [0.717, 1.165) is 18.8 Å². The van der Waals surface area contributed by atoms with Gasteiger partial charge in [-0.1, -0.05) is 25.8 Å². The van der Waals surface area contributed by atoms with Crippen LogP contribution in [0.5, 0.6) is 5.75 Å². The lowest BCUT2D eigenvalue weighted by molar-refractivity contribution is 0.402. The highest BCUT2D eigenvalue weighted by molar-refractivity contribution is 5.61. The van der Waals surface area contributed by atoms with Gasteiger partial charge in [-0.15, -0.1) is 0 Å². The molecule has 2 unspecified atom stereocenters. The zero-order valence-electron chi connectivity index (χ0n) is 14.0. The molecule has 1 heterocycles. The van der Waals surface area contributed by atoms with E-state index in [-0.39, 0.29) is 0 Å². The summed E-state index contributed by atoms with van der Waals surface area (Å²) in [6.45, 7) is 8.86. The molecule has 1 aromatic carbocycles. The van der Waals surface area contributed by atoms with Crippen molar-refractivity contribution in [1.29, 1.82) is 0 Å². The van der Waals surface area contributed by atoms with E-state index in [2.05, 4.69) is 49.2 Å². The molecule has 0 bridgehead atoms. The average Bonchev–Trinajstić information content (AvgIpc) is 2.71. The Hall–Kier alpha value is -1.22. The second-order valence-electron chi connectivity index (χ2n) is 6.06. The molecule has 0 aromatic heterocycles. The van der Waals surface area contributed by atoms with Crippen LogP contribution in [0.4, 0.5) is 5.69 Å². The van der Waals surface area contributed by atoms with Crippen molar-refractivity contribution in [1.82, 2.24) is 5.32 Å². The Morgan fingerprint density at radius 1 is 1.33 bits per heavy atom. The largest absolute Gasteiger partial charge is 0.496 e. The van der Waals surface area contributed by atoms with Crippen molar-refractivity contribution < 1.29 is 4.74 Å². The molecular weight excluding hydrogens is 260 g/mol. The van der Waals surface area contributed by atoms with Crippen molar-refractivity contribution in [2.45, 2.75) is 58.5 Å². The van der Waals surface area contributed by atoms with E-state index in [1.54, 1.807) is 7.11 Å². The van der Waals surface area contributed by atoms with Crippen LogP contribution in [-0.2, 0) is 0 Å². The number of hydrogen-bond acceptors (Lipinski definition) is 3. The summed E-state index contributed by atoms with van der Waals surface area (Å²) in [5.74, 6) is 0.998. The minimum absolute atomic E-state index is 0.302. The zero-order chi connectivity index (χ0) is 15.2. The summed E-state index contributed by atoms with van der Waals surface area (Å²) in [7, 11) is 1.77. The molecule has 1 saturated heterocycles. The van der Waals surface area contributed by atoms with Gasteiger partial charge in [-0.3, -0.25) is 0 Å². The van der Waals surface area contributed by atoms with E-state index >= 15 is 0 Å². The molecule has 21 heavy (non-hydrogen) atoms. The summed E-state index contributed by atoms with van der Waals surface area (Å²) < 4.78 is 5.64. The smallest absolute Gasteiger partial charge is 0.125 e. The minimum atomic E-state index is 0.302. The highest BCUT2D eigenvalue weighted by Gasteiger charge is 2.23. The van der Waals surface area contributed by atoms with Gasteiger partial charge in [0.1, 0.15) is 5.75 Å². The summed E-state index contributed by atoms with van der Waals surface area (Å²) in [5.41, 5.74) is 2.65. The molecule has 1 aliphatic heterocycles. The van der Waals surface area contributed by atoms with Crippen LogP contribution in [0, 0.1) is 0 Å². The van der Waals surface area contributed by atoms with E-state index in [4.69, 9.17) is 4.74 Å². The molecule has 1 aliphatic rings. The predicted octanol–water partition coefficient (Wildman–Crippen LogP) is 4.13. The van der Waals surface area contributed by atoms with Gasteiger partial charge in [0.15, 0.2) is 0 Å². The van der Waals surface area contributed by atoms with Gasteiger partial charge in [-0.25, -0.2) is 0 Å². The van der Waals surface area contributed by atoms with E-state index in [0.29, 0.717) is 12.1 Å². The Kier molecular flexibility index (Phi) is 5.92. The molecule has 2 rings (SSSR count). The van der Waals surface area contributed by atoms with Gasteiger partial charge in [0, 0.05) is 29.9 Å². The Balaban J connectivity index is 2.41. The summed E-state index contributed by atoms with van der Waals surface area (Å²) in [6, 6.07) is 7.36. The normalized spacial score (nSPS) is 21.0. The Morgan fingerprint density at radius 2 is 2.14 bits per heavy atom. The summed E-state index contributed by atoms with van der Waals surface area (Å²) in [5, 5.41) is 3.54. The molecule has 118 valence electrons. The number of anilines is 1. The second kappa shape index (κ2) is 7.69. The number of nitrogens with zero attached hydrogens (tertiary/aromatic N) is 1. The molecule has 3 nitrogen and oxygen atoms in total. The molecule has 3 heteroatoms. The van der Waals surface area contributed by atoms with E-state index in [1.165, 1.54) is 36.9 Å². The molecule has 2 atom stereocenters. The van der Waals surface area contributed by atoms with Gasteiger partial charge in [0.25, 0.3) is 0 Å². The lowest BCUT2D eigenvalue weighted by Gasteiger charge is -2.33. The van der Waals surface area contributed by atoms with Gasteiger partial charge in [-0.2, -0.15) is 0 Å². The maximum absolute atomic E-state index is 5.64. The number of benzene rings is 1. The van der Waals surface area contributed by atoms with Crippen LogP contribution >= 0.6 is 0 Å². The first-order chi connectivity index (χ1) is 10.2. The minimum Gasteiger partial charge on any atom is -0.496 e. The average molecular weight is 290 g/mol. The number of hydrogen-bond donors (Lipinski definition) is 1. The first kappa shape index (κ1) is 16.2. The molecule has 1 N–H and O–H groups in total. The summed E-state index contributed by atoms with van der Waals surface area (Å²) in [4.78, 5) is 2.58. The summed E-state index contributed by atoms with van der Waals surface area (Å²) >= 11 is 0. The van der Waals surface area contributed by atoms with E-state index < -0.39 is 0 Å². The van der Waals surface area contributed by atoms with Gasteiger partial charge in [0.05, 0.1) is 7.11 Å². The topological polar surface area (TPSA) is 24.5 Å². The second-order valence-corrected chi connectivity index (χ2v) is 6.06. The Morgan fingerprint density at radius 3 is 2.86 bits per heavy atom. The first-order valence-electron chi connectivity index (χ1n) is 8.36. The molecule has 1 fully saturated rings. The standard InChI is InChI=1S/C18H30N2O/c1-5-19-15(3)18-16(11-9-12-17(18)21-4)20-13-8-6-7-10-14(20)2/h9,11-12,14-15,19H,5-8,10,13H2,1-4H3. The Labute approximate surface area is 129 Å². The maximum Gasteiger partial charge on any atom is 0.125 e. The number of nitrogens with one attached hydrogen (secondary N) is 1. The molecule has 0 spiro atoms. The number of ether oxygens (including phenoxy) is 1. The third-order valence-corrected chi connectivity index (χ3v) is 4.57. The van der Waals surface area contributed by atoms with Crippen molar-refractivity contribution in [3.63, 3.8) is 0 Å². The lowest BCUT2D eigenvalue weighted by Crippen LogP contribution is -2.34. The monoisotopic (exact) mass is 290 g/mol. The molecule has 0 aliphatic carbocycles. The fraction of sp³-hybridized carbons (Fsp3) is 0.667. The van der Waals surface area contributed by atoms with Gasteiger partial charge in [0.2, 0.25) is 0 Å².